The van der Waals surface area contributed by atoms with Crippen molar-refractivity contribution in [1.29, 1.82) is 0 Å². The molecule has 0 saturated heterocycles. The fourth-order valence-corrected chi connectivity index (χ4v) is 2.74. The van der Waals surface area contributed by atoms with Crippen molar-refractivity contribution in [2.45, 2.75) is 50.7 Å². The van der Waals surface area contributed by atoms with Crippen molar-refractivity contribution in [3.8, 4) is 0 Å². The van der Waals surface area contributed by atoms with Crippen molar-refractivity contribution in [2.24, 2.45) is 5.92 Å². The smallest absolute Gasteiger partial charge is 0.329 e. The van der Waals surface area contributed by atoms with Gasteiger partial charge in [0.25, 0.3) is 0 Å². The van der Waals surface area contributed by atoms with E-state index in [0.29, 0.717) is 5.56 Å². The number of halogens is 3. The van der Waals surface area contributed by atoms with E-state index in [2.05, 4.69) is 5.32 Å². The van der Waals surface area contributed by atoms with Gasteiger partial charge in [0.15, 0.2) is 17.7 Å². The zero-order valence-electron chi connectivity index (χ0n) is 13.5. The molecule has 1 aliphatic rings. The highest BCUT2D eigenvalue weighted by molar-refractivity contribution is 5.85. The Kier molecular flexibility index (Phi) is 5.20. The second-order valence-corrected chi connectivity index (χ2v) is 6.72. The number of nitrogens with one attached hydrogen (secondary N) is 1. The Hall–Kier alpha value is -2.05. The van der Waals surface area contributed by atoms with Crippen molar-refractivity contribution >= 4 is 11.9 Å². The van der Waals surface area contributed by atoms with E-state index in [9.17, 15) is 22.8 Å². The first-order valence-corrected chi connectivity index (χ1v) is 7.75. The lowest BCUT2D eigenvalue weighted by Gasteiger charge is -2.25. The summed E-state index contributed by atoms with van der Waals surface area (Å²) >= 11 is 0. The first-order valence-electron chi connectivity index (χ1n) is 7.75. The predicted octanol–water partition coefficient (Wildman–Crippen LogP) is 3.17. The summed E-state index contributed by atoms with van der Waals surface area (Å²) in [7, 11) is 0. The molecule has 1 saturated carbocycles. The summed E-state index contributed by atoms with van der Waals surface area (Å²) in [6.07, 6.45) is 1.61. The van der Waals surface area contributed by atoms with Gasteiger partial charge in [-0.3, -0.25) is 4.79 Å². The zero-order valence-corrected chi connectivity index (χ0v) is 13.5. The Labute approximate surface area is 138 Å². The van der Waals surface area contributed by atoms with Gasteiger partial charge in [0, 0.05) is 6.42 Å². The maximum absolute atomic E-state index is 13.9. The van der Waals surface area contributed by atoms with Gasteiger partial charge in [-0.2, -0.15) is 0 Å². The Bertz CT molecular complexity index is 638. The largest absolute Gasteiger partial charge is 0.480 e. The van der Waals surface area contributed by atoms with E-state index < -0.39 is 35.2 Å². The van der Waals surface area contributed by atoms with Gasteiger partial charge in [-0.25, -0.2) is 18.0 Å². The first-order chi connectivity index (χ1) is 11.1. The van der Waals surface area contributed by atoms with Crippen LogP contribution in [0.4, 0.5) is 13.2 Å². The number of hydrogen-bond acceptors (Lipinski definition) is 2. The minimum absolute atomic E-state index is 0.102. The number of carbonyl (C=O) groups is 2. The van der Waals surface area contributed by atoms with Crippen LogP contribution in [-0.4, -0.2) is 28.7 Å². The molecule has 0 aliphatic heterocycles. The van der Waals surface area contributed by atoms with E-state index >= 15 is 0 Å². The van der Waals surface area contributed by atoms with Crippen LogP contribution < -0.4 is 5.32 Å². The molecule has 2 unspecified atom stereocenters. The summed E-state index contributed by atoms with van der Waals surface area (Å²) in [5.41, 5.74) is -1.64. The molecule has 1 aromatic carbocycles. The monoisotopic (exact) mass is 343 g/mol. The highest BCUT2D eigenvalue weighted by atomic mass is 19.2. The summed E-state index contributed by atoms with van der Waals surface area (Å²) in [6, 6.07) is 1.81. The van der Waals surface area contributed by atoms with Gasteiger partial charge in [0.05, 0.1) is 0 Å². The number of alkyl halides is 1. The molecule has 24 heavy (non-hydrogen) atoms. The molecule has 132 valence electrons. The lowest BCUT2D eigenvalue weighted by molar-refractivity contribution is -0.145. The Morgan fingerprint density at radius 3 is 2.38 bits per heavy atom. The first kappa shape index (κ1) is 18.3. The van der Waals surface area contributed by atoms with Gasteiger partial charge in [-0.05, 0) is 56.2 Å². The molecular formula is C17H20F3NO3. The Morgan fingerprint density at radius 2 is 1.92 bits per heavy atom. The van der Waals surface area contributed by atoms with Crippen LogP contribution in [-0.2, 0) is 9.59 Å². The molecule has 2 N–H and O–H groups in total. The van der Waals surface area contributed by atoms with Crippen LogP contribution in [0, 0.1) is 17.6 Å². The van der Waals surface area contributed by atoms with Crippen molar-refractivity contribution in [1.82, 2.24) is 5.32 Å². The molecule has 1 fully saturated rings. The quantitative estimate of drug-likeness (QED) is 0.799. The number of amides is 1. The number of aliphatic carboxylic acids is 1. The van der Waals surface area contributed by atoms with Gasteiger partial charge >= 0.3 is 5.97 Å². The van der Waals surface area contributed by atoms with Crippen molar-refractivity contribution in [2.75, 3.05) is 0 Å². The summed E-state index contributed by atoms with van der Waals surface area (Å²) < 4.78 is 40.4. The molecule has 0 aromatic heterocycles. The minimum Gasteiger partial charge on any atom is -0.480 e. The molecule has 4 nitrogen and oxygen atoms in total. The number of carbonyl (C=O) groups excluding carboxylic acids is 1. The molecule has 2 atom stereocenters. The molecule has 0 spiro atoms. The number of rotatable bonds is 7. The van der Waals surface area contributed by atoms with E-state index in [4.69, 9.17) is 5.11 Å². The normalized spacial score (nSPS) is 17.2. The van der Waals surface area contributed by atoms with Gasteiger partial charge in [0.1, 0.15) is 5.67 Å². The van der Waals surface area contributed by atoms with Crippen molar-refractivity contribution < 1.29 is 27.9 Å². The summed E-state index contributed by atoms with van der Waals surface area (Å²) in [5.74, 6) is -4.25. The lowest BCUT2D eigenvalue weighted by atomic mass is 9.90. The number of hydrogen-bond donors (Lipinski definition) is 2. The predicted molar refractivity (Wildman–Crippen MR) is 81.2 cm³/mol. The van der Waals surface area contributed by atoms with E-state index in [1.54, 1.807) is 0 Å². The maximum atomic E-state index is 13.9. The van der Waals surface area contributed by atoms with E-state index in [1.165, 1.54) is 6.07 Å². The maximum Gasteiger partial charge on any atom is 0.329 e. The lowest BCUT2D eigenvalue weighted by Crippen LogP contribution is -2.52. The molecule has 0 bridgehead atoms. The highest BCUT2D eigenvalue weighted by Gasteiger charge is 2.39. The number of carboxylic acid groups (broad SMARTS) is 1. The third kappa shape index (κ3) is 4.49. The van der Waals surface area contributed by atoms with Crippen LogP contribution in [0.25, 0.3) is 0 Å². The van der Waals surface area contributed by atoms with Crippen molar-refractivity contribution in [3.05, 3.63) is 35.4 Å². The van der Waals surface area contributed by atoms with Crippen LogP contribution in [0.5, 0.6) is 0 Å². The van der Waals surface area contributed by atoms with Crippen LogP contribution in [0.15, 0.2) is 18.2 Å². The van der Waals surface area contributed by atoms with Crippen molar-refractivity contribution in [3.63, 3.8) is 0 Å². The Balaban J connectivity index is 2.11. The summed E-state index contributed by atoms with van der Waals surface area (Å²) in [5, 5.41) is 11.2. The standard InChI is InChI=1S/C17H20F3NO3/c1-17(2,20)15(16(23)24)21-14(22)8-11(9-3-4-9)10-5-6-12(18)13(19)7-10/h5-7,9,11,15H,3-4,8H2,1-2H3,(H,21,22)(H,23,24). The zero-order chi connectivity index (χ0) is 18.1. The van der Waals surface area contributed by atoms with Crippen LogP contribution in [0.1, 0.15) is 44.6 Å². The summed E-state index contributed by atoms with van der Waals surface area (Å²) in [6.45, 7) is 2.14. The van der Waals surface area contributed by atoms with Gasteiger partial charge < -0.3 is 10.4 Å². The molecule has 7 heteroatoms. The second-order valence-electron chi connectivity index (χ2n) is 6.72. The number of carboxylic acids is 1. The SMILES string of the molecule is CC(C)(F)C(NC(=O)CC(c1ccc(F)c(F)c1)C1CC1)C(=O)O. The molecule has 0 radical (unpaired) electrons. The third-order valence-electron chi connectivity index (χ3n) is 4.21. The minimum atomic E-state index is -2.13. The van der Waals surface area contributed by atoms with Crippen LogP contribution in [0.3, 0.4) is 0 Å². The van der Waals surface area contributed by atoms with Crippen LogP contribution in [0.2, 0.25) is 0 Å². The van der Waals surface area contributed by atoms with Gasteiger partial charge in [-0.1, -0.05) is 6.07 Å². The van der Waals surface area contributed by atoms with E-state index in [1.807, 2.05) is 0 Å². The third-order valence-corrected chi connectivity index (χ3v) is 4.21. The highest BCUT2D eigenvalue weighted by Crippen LogP contribution is 2.44. The molecule has 1 aromatic rings. The Morgan fingerprint density at radius 1 is 1.29 bits per heavy atom. The van der Waals surface area contributed by atoms with Gasteiger partial charge in [0.2, 0.25) is 5.91 Å². The average molecular weight is 343 g/mol. The average Bonchev–Trinajstić information content (AvgIpc) is 3.28. The molecule has 1 amide bonds. The topological polar surface area (TPSA) is 66.4 Å². The van der Waals surface area contributed by atoms with Crippen LogP contribution >= 0.6 is 0 Å². The van der Waals surface area contributed by atoms with E-state index in [0.717, 1.165) is 38.8 Å². The number of benzene rings is 1. The van der Waals surface area contributed by atoms with E-state index in [-0.39, 0.29) is 18.3 Å². The fraction of sp³-hybridized carbons (Fsp3) is 0.529. The summed E-state index contributed by atoms with van der Waals surface area (Å²) in [4.78, 5) is 23.3. The van der Waals surface area contributed by atoms with Gasteiger partial charge in [-0.15, -0.1) is 0 Å². The molecule has 1 aliphatic carbocycles. The second kappa shape index (κ2) is 6.83. The fourth-order valence-electron chi connectivity index (χ4n) is 2.74. The molecule has 2 rings (SSSR count). The molecule has 0 heterocycles. The molecular weight excluding hydrogens is 323 g/mol.